The number of carbonyl (C=O) groups excluding carboxylic acids is 2. The van der Waals surface area contributed by atoms with Gasteiger partial charge < -0.3 is 5.32 Å². The van der Waals surface area contributed by atoms with E-state index in [1.807, 2.05) is 92.1 Å². The molecule has 0 bridgehead atoms. The molecule has 2 heterocycles. The van der Waals surface area contributed by atoms with Gasteiger partial charge in [-0.25, -0.2) is 4.98 Å². The van der Waals surface area contributed by atoms with Crippen molar-refractivity contribution in [2.45, 2.75) is 39.8 Å². The van der Waals surface area contributed by atoms with Crippen molar-refractivity contribution in [3.05, 3.63) is 89.0 Å². The molecule has 0 radical (unpaired) electrons. The summed E-state index contributed by atoms with van der Waals surface area (Å²) in [5, 5.41) is 3.00. The molecular weight excluding hydrogens is 412 g/mol. The maximum atomic E-state index is 13.5. The molecule has 0 saturated carbocycles. The molecule has 6 nitrogen and oxygen atoms in total. The first-order valence-corrected chi connectivity index (χ1v) is 11.1. The highest BCUT2D eigenvalue weighted by atomic mass is 16.2. The second-order valence-electron chi connectivity index (χ2n) is 8.77. The van der Waals surface area contributed by atoms with Crippen molar-refractivity contribution in [3.63, 3.8) is 0 Å². The van der Waals surface area contributed by atoms with Gasteiger partial charge >= 0.3 is 0 Å². The molecule has 1 aromatic heterocycles. The molecule has 1 aliphatic rings. The Morgan fingerprint density at radius 3 is 2.48 bits per heavy atom. The van der Waals surface area contributed by atoms with E-state index in [-0.39, 0.29) is 18.2 Å². The zero-order valence-electron chi connectivity index (χ0n) is 19.0. The summed E-state index contributed by atoms with van der Waals surface area (Å²) in [4.78, 5) is 33.0. The summed E-state index contributed by atoms with van der Waals surface area (Å²) in [7, 11) is 0. The fraction of sp³-hybridized carbons (Fsp3) is 0.222. The van der Waals surface area contributed by atoms with E-state index in [0.29, 0.717) is 12.5 Å². The Labute approximate surface area is 192 Å². The molecule has 1 aliphatic heterocycles. The third-order valence-electron chi connectivity index (χ3n) is 6.19. The summed E-state index contributed by atoms with van der Waals surface area (Å²) in [6, 6.07) is 21.2. The Morgan fingerprint density at radius 1 is 0.970 bits per heavy atom. The maximum absolute atomic E-state index is 13.5. The molecule has 0 aliphatic carbocycles. The summed E-state index contributed by atoms with van der Waals surface area (Å²) >= 11 is 0. The van der Waals surface area contributed by atoms with Gasteiger partial charge in [0.25, 0.3) is 5.91 Å². The van der Waals surface area contributed by atoms with Crippen molar-refractivity contribution in [2.75, 3.05) is 10.2 Å². The van der Waals surface area contributed by atoms with Gasteiger partial charge in [-0.2, -0.15) is 0 Å². The molecule has 0 spiro atoms. The van der Waals surface area contributed by atoms with Crippen LogP contribution in [-0.4, -0.2) is 21.4 Å². The number of fused-ring (bicyclic) bond motifs is 3. The SMILES string of the molecule is Cc1ccc(CN2C(=O)C(CC(=O)Nc3cc(C)ccc3C)n3c2nc2ccccc23)cc1. The maximum Gasteiger partial charge on any atom is 0.253 e. The number of para-hydroxylation sites is 2. The van der Waals surface area contributed by atoms with Gasteiger partial charge in [-0.15, -0.1) is 0 Å². The Kier molecular flexibility index (Phi) is 5.21. The molecule has 0 fully saturated rings. The van der Waals surface area contributed by atoms with E-state index in [9.17, 15) is 9.59 Å². The molecule has 1 unspecified atom stereocenters. The summed E-state index contributed by atoms with van der Waals surface area (Å²) in [6.07, 6.45) is 0.0456. The van der Waals surface area contributed by atoms with E-state index >= 15 is 0 Å². The van der Waals surface area contributed by atoms with Crippen LogP contribution in [0.25, 0.3) is 11.0 Å². The second-order valence-corrected chi connectivity index (χ2v) is 8.77. The van der Waals surface area contributed by atoms with E-state index in [2.05, 4.69) is 5.32 Å². The van der Waals surface area contributed by atoms with Crippen molar-refractivity contribution in [1.29, 1.82) is 0 Å². The number of imidazole rings is 1. The predicted molar refractivity (Wildman–Crippen MR) is 130 cm³/mol. The fourth-order valence-corrected chi connectivity index (χ4v) is 4.37. The second kappa shape index (κ2) is 8.20. The van der Waals surface area contributed by atoms with Gasteiger partial charge in [0.05, 0.1) is 24.0 Å². The number of hydrogen-bond acceptors (Lipinski definition) is 3. The first kappa shape index (κ1) is 20.9. The molecule has 3 aromatic carbocycles. The van der Waals surface area contributed by atoms with Gasteiger partial charge in [0.2, 0.25) is 11.9 Å². The van der Waals surface area contributed by atoms with Crippen LogP contribution in [0.1, 0.15) is 34.7 Å². The highest BCUT2D eigenvalue weighted by Gasteiger charge is 2.40. The fourth-order valence-electron chi connectivity index (χ4n) is 4.37. The van der Waals surface area contributed by atoms with Crippen LogP contribution in [0.4, 0.5) is 11.6 Å². The molecule has 33 heavy (non-hydrogen) atoms. The number of nitrogens with zero attached hydrogens (tertiary/aromatic N) is 3. The largest absolute Gasteiger partial charge is 0.326 e. The zero-order valence-corrected chi connectivity index (χ0v) is 19.0. The van der Waals surface area contributed by atoms with Crippen LogP contribution < -0.4 is 10.2 Å². The monoisotopic (exact) mass is 438 g/mol. The molecule has 166 valence electrons. The number of carbonyl (C=O) groups is 2. The summed E-state index contributed by atoms with van der Waals surface area (Å²) < 4.78 is 1.91. The molecular formula is C27H26N4O2. The summed E-state index contributed by atoms with van der Waals surface area (Å²) in [5.74, 6) is 0.286. The van der Waals surface area contributed by atoms with Crippen LogP contribution in [0, 0.1) is 20.8 Å². The lowest BCUT2D eigenvalue weighted by molar-refractivity contribution is -0.124. The Morgan fingerprint density at radius 2 is 1.70 bits per heavy atom. The predicted octanol–water partition coefficient (Wildman–Crippen LogP) is 5.08. The molecule has 4 aromatic rings. The van der Waals surface area contributed by atoms with Gasteiger partial charge in [-0.3, -0.25) is 19.1 Å². The highest BCUT2D eigenvalue weighted by Crippen LogP contribution is 2.37. The summed E-state index contributed by atoms with van der Waals surface area (Å²) in [6.45, 7) is 6.40. The van der Waals surface area contributed by atoms with E-state index in [1.54, 1.807) is 4.90 Å². The van der Waals surface area contributed by atoms with Crippen LogP contribution in [0.15, 0.2) is 66.7 Å². The van der Waals surface area contributed by atoms with Crippen molar-refractivity contribution in [2.24, 2.45) is 0 Å². The third-order valence-corrected chi connectivity index (χ3v) is 6.19. The first-order chi connectivity index (χ1) is 15.9. The number of aromatic nitrogens is 2. The molecule has 6 heteroatoms. The number of anilines is 2. The van der Waals surface area contributed by atoms with E-state index in [4.69, 9.17) is 4.98 Å². The first-order valence-electron chi connectivity index (χ1n) is 11.1. The zero-order chi connectivity index (χ0) is 23.1. The van der Waals surface area contributed by atoms with Crippen molar-refractivity contribution >= 4 is 34.5 Å². The number of aryl methyl sites for hydroxylation is 3. The van der Waals surface area contributed by atoms with Crippen LogP contribution in [0.3, 0.4) is 0 Å². The molecule has 1 atom stereocenters. The van der Waals surface area contributed by atoms with E-state index < -0.39 is 6.04 Å². The van der Waals surface area contributed by atoms with Gasteiger partial charge in [-0.1, -0.05) is 54.1 Å². The van der Waals surface area contributed by atoms with Gasteiger partial charge in [-0.05, 0) is 55.7 Å². The third kappa shape index (κ3) is 3.89. The minimum atomic E-state index is -0.636. The van der Waals surface area contributed by atoms with Crippen LogP contribution >= 0.6 is 0 Å². The minimum Gasteiger partial charge on any atom is -0.326 e. The number of amides is 2. The molecule has 1 N–H and O–H groups in total. The molecule has 2 amide bonds. The number of hydrogen-bond donors (Lipinski definition) is 1. The van der Waals surface area contributed by atoms with Crippen molar-refractivity contribution in [1.82, 2.24) is 9.55 Å². The molecule has 0 saturated heterocycles. The number of benzene rings is 3. The topological polar surface area (TPSA) is 67.2 Å². The van der Waals surface area contributed by atoms with Gasteiger partial charge in [0.1, 0.15) is 6.04 Å². The van der Waals surface area contributed by atoms with E-state index in [1.165, 1.54) is 5.56 Å². The van der Waals surface area contributed by atoms with Crippen LogP contribution in [0.5, 0.6) is 0 Å². The Bertz CT molecular complexity index is 1370. The number of rotatable bonds is 5. The lowest BCUT2D eigenvalue weighted by Gasteiger charge is -2.16. The highest BCUT2D eigenvalue weighted by molar-refractivity contribution is 6.05. The minimum absolute atomic E-state index is 0.0456. The standard InChI is InChI=1S/C27H26N4O2/c1-17-9-12-20(13-10-17)16-30-26(33)24(31-23-7-5-4-6-21(23)29-27(30)31)15-25(32)28-22-14-18(2)8-11-19(22)3/h4-14,24H,15-16H2,1-3H3,(H,28,32). The van der Waals surface area contributed by atoms with Crippen LogP contribution in [0.2, 0.25) is 0 Å². The smallest absolute Gasteiger partial charge is 0.253 e. The van der Waals surface area contributed by atoms with Crippen molar-refractivity contribution in [3.8, 4) is 0 Å². The Hall–Kier alpha value is -3.93. The summed E-state index contributed by atoms with van der Waals surface area (Å²) in [5.41, 5.74) is 6.69. The van der Waals surface area contributed by atoms with Crippen LogP contribution in [-0.2, 0) is 16.1 Å². The number of nitrogens with one attached hydrogen (secondary N) is 1. The van der Waals surface area contributed by atoms with Crippen molar-refractivity contribution < 1.29 is 9.59 Å². The lowest BCUT2D eigenvalue weighted by Crippen LogP contribution is -2.31. The normalized spacial score (nSPS) is 15.2. The average Bonchev–Trinajstić information content (AvgIpc) is 3.28. The van der Waals surface area contributed by atoms with Gasteiger partial charge in [0, 0.05) is 5.69 Å². The van der Waals surface area contributed by atoms with E-state index in [0.717, 1.165) is 33.4 Å². The average molecular weight is 439 g/mol. The quantitative estimate of drug-likeness (QED) is 0.473. The lowest BCUT2D eigenvalue weighted by atomic mass is 10.1. The van der Waals surface area contributed by atoms with Gasteiger partial charge in [0.15, 0.2) is 0 Å². The Balaban J connectivity index is 1.47. The molecule has 5 rings (SSSR count).